The van der Waals surface area contributed by atoms with E-state index in [4.69, 9.17) is 0 Å². The van der Waals surface area contributed by atoms with Crippen LogP contribution in [0.3, 0.4) is 0 Å². The molecule has 2 unspecified atom stereocenters. The summed E-state index contributed by atoms with van der Waals surface area (Å²) in [5.41, 5.74) is 1.04. The quantitative estimate of drug-likeness (QED) is 0.904. The van der Waals surface area contributed by atoms with Crippen LogP contribution >= 0.6 is 11.3 Å². The molecule has 5 heteroatoms. The zero-order valence-corrected chi connectivity index (χ0v) is 11.7. The Labute approximate surface area is 111 Å². The van der Waals surface area contributed by atoms with Crippen LogP contribution in [0.4, 0.5) is 0 Å². The third-order valence-corrected chi connectivity index (χ3v) is 4.85. The molecule has 4 nitrogen and oxygen atoms in total. The molecule has 2 atom stereocenters. The van der Waals surface area contributed by atoms with Gasteiger partial charge in [0, 0.05) is 23.7 Å². The summed E-state index contributed by atoms with van der Waals surface area (Å²) < 4.78 is 0. The van der Waals surface area contributed by atoms with Gasteiger partial charge in [-0.15, -0.1) is 11.3 Å². The van der Waals surface area contributed by atoms with E-state index in [0.717, 1.165) is 23.7 Å². The van der Waals surface area contributed by atoms with Crippen molar-refractivity contribution in [1.82, 2.24) is 15.2 Å². The average molecular weight is 265 g/mol. The summed E-state index contributed by atoms with van der Waals surface area (Å²) in [7, 11) is 0. The Balaban J connectivity index is 1.67. The highest BCUT2D eigenvalue weighted by Gasteiger charge is 2.38. The zero-order chi connectivity index (χ0) is 12.7. The summed E-state index contributed by atoms with van der Waals surface area (Å²) in [5, 5.41) is 6.53. The number of nitrogens with zero attached hydrogens (tertiary/aromatic N) is 2. The third-order valence-electron chi connectivity index (χ3n) is 3.72. The van der Waals surface area contributed by atoms with Crippen molar-refractivity contribution >= 4 is 17.2 Å². The molecule has 1 aliphatic heterocycles. The van der Waals surface area contributed by atoms with Gasteiger partial charge in [0.15, 0.2) is 0 Å². The summed E-state index contributed by atoms with van der Waals surface area (Å²) in [5.74, 6) is 0.252. The Morgan fingerprint density at radius 2 is 2.28 bits per heavy atom. The number of carbonyl (C=O) groups excluding carboxylic acids is 1. The van der Waals surface area contributed by atoms with E-state index in [1.165, 1.54) is 12.8 Å². The van der Waals surface area contributed by atoms with Crippen LogP contribution in [0.15, 0.2) is 5.38 Å². The van der Waals surface area contributed by atoms with Gasteiger partial charge in [-0.05, 0) is 33.1 Å². The molecule has 98 valence electrons. The van der Waals surface area contributed by atoms with Crippen LogP contribution in [0.2, 0.25) is 0 Å². The highest BCUT2D eigenvalue weighted by molar-refractivity contribution is 7.09. The Kier molecular flexibility index (Phi) is 3.11. The molecule has 2 heterocycles. The van der Waals surface area contributed by atoms with E-state index < -0.39 is 0 Å². The van der Waals surface area contributed by atoms with Crippen molar-refractivity contribution in [3.05, 3.63) is 16.1 Å². The van der Waals surface area contributed by atoms with Crippen LogP contribution < -0.4 is 5.32 Å². The van der Waals surface area contributed by atoms with Gasteiger partial charge in [-0.3, -0.25) is 4.79 Å². The lowest BCUT2D eigenvalue weighted by atomic mass is 10.2. The first-order chi connectivity index (χ1) is 8.65. The summed E-state index contributed by atoms with van der Waals surface area (Å²) in [6, 6.07) is 0.750. The smallest absolute Gasteiger partial charge is 0.240 e. The highest BCUT2D eigenvalue weighted by atomic mass is 32.1. The van der Waals surface area contributed by atoms with Crippen molar-refractivity contribution in [1.29, 1.82) is 0 Å². The van der Waals surface area contributed by atoms with Gasteiger partial charge in [-0.1, -0.05) is 0 Å². The maximum Gasteiger partial charge on any atom is 0.240 e. The van der Waals surface area contributed by atoms with Gasteiger partial charge < -0.3 is 10.2 Å². The molecule has 1 saturated heterocycles. The van der Waals surface area contributed by atoms with Gasteiger partial charge in [-0.25, -0.2) is 4.98 Å². The Morgan fingerprint density at radius 1 is 1.50 bits per heavy atom. The van der Waals surface area contributed by atoms with Gasteiger partial charge in [0.25, 0.3) is 0 Å². The average Bonchev–Trinajstić information content (AvgIpc) is 2.95. The van der Waals surface area contributed by atoms with Gasteiger partial charge >= 0.3 is 0 Å². The number of rotatable bonds is 4. The first kappa shape index (κ1) is 12.1. The van der Waals surface area contributed by atoms with Crippen LogP contribution in [0, 0.1) is 6.92 Å². The fraction of sp³-hybridized carbons (Fsp3) is 0.692. The Hall–Kier alpha value is -0.940. The van der Waals surface area contributed by atoms with Gasteiger partial charge in [0.1, 0.15) is 5.01 Å². The molecular formula is C13H19N3OS. The fourth-order valence-electron chi connectivity index (χ4n) is 2.47. The summed E-state index contributed by atoms with van der Waals surface area (Å²) >= 11 is 1.65. The molecule has 0 bridgehead atoms. The number of thiazole rings is 1. The molecule has 1 saturated carbocycles. The van der Waals surface area contributed by atoms with E-state index in [-0.39, 0.29) is 18.0 Å². The molecule has 18 heavy (non-hydrogen) atoms. The van der Waals surface area contributed by atoms with Crippen molar-refractivity contribution < 1.29 is 4.79 Å². The first-order valence-corrected chi connectivity index (χ1v) is 7.51. The van der Waals surface area contributed by atoms with Crippen LogP contribution in [-0.4, -0.2) is 34.4 Å². The van der Waals surface area contributed by atoms with Crippen LogP contribution in [0.25, 0.3) is 0 Å². The van der Waals surface area contributed by atoms with E-state index >= 15 is 0 Å². The van der Waals surface area contributed by atoms with Crippen molar-refractivity contribution in [3.8, 4) is 0 Å². The van der Waals surface area contributed by atoms with Crippen molar-refractivity contribution in [2.24, 2.45) is 0 Å². The fourth-order valence-corrected chi connectivity index (χ4v) is 3.34. The molecule has 1 N–H and O–H groups in total. The molecule has 0 radical (unpaired) electrons. The summed E-state index contributed by atoms with van der Waals surface area (Å²) in [4.78, 5) is 18.8. The minimum absolute atomic E-state index is 0.0426. The number of carbonyl (C=O) groups is 1. The third kappa shape index (κ3) is 2.29. The second-order valence-electron chi connectivity index (χ2n) is 5.32. The monoisotopic (exact) mass is 265 g/mol. The number of likely N-dealkylation sites (tertiary alicyclic amines) is 1. The second kappa shape index (κ2) is 4.63. The molecule has 1 aromatic rings. The predicted octanol–water partition coefficient (Wildman–Crippen LogP) is 1.87. The van der Waals surface area contributed by atoms with E-state index in [0.29, 0.717) is 6.04 Å². The number of aromatic nitrogens is 1. The lowest BCUT2D eigenvalue weighted by Crippen LogP contribution is -2.40. The van der Waals surface area contributed by atoms with Crippen LogP contribution in [0.5, 0.6) is 0 Å². The molecule has 0 spiro atoms. The lowest BCUT2D eigenvalue weighted by Gasteiger charge is -2.23. The number of hydrogen-bond acceptors (Lipinski definition) is 4. The zero-order valence-electron chi connectivity index (χ0n) is 10.8. The van der Waals surface area contributed by atoms with Crippen molar-refractivity contribution in [2.45, 2.75) is 51.2 Å². The SMILES string of the molecule is Cc1csc(C(C)N2CCC(NC3CC3)C2=O)n1. The number of hydrogen-bond donors (Lipinski definition) is 1. The molecule has 2 aliphatic rings. The maximum absolute atomic E-state index is 12.3. The van der Waals surface area contributed by atoms with E-state index in [1.807, 2.05) is 17.2 Å². The van der Waals surface area contributed by atoms with E-state index in [1.54, 1.807) is 11.3 Å². The van der Waals surface area contributed by atoms with Crippen molar-refractivity contribution in [2.75, 3.05) is 6.54 Å². The number of aryl methyl sites for hydroxylation is 1. The number of amides is 1. The van der Waals surface area contributed by atoms with Crippen LogP contribution in [0.1, 0.15) is 42.9 Å². The molecule has 0 aromatic carbocycles. The largest absolute Gasteiger partial charge is 0.332 e. The first-order valence-electron chi connectivity index (χ1n) is 6.63. The molecule has 1 aromatic heterocycles. The predicted molar refractivity (Wildman–Crippen MR) is 71.5 cm³/mol. The van der Waals surface area contributed by atoms with E-state index in [2.05, 4.69) is 17.2 Å². The van der Waals surface area contributed by atoms with Gasteiger partial charge in [0.2, 0.25) is 5.91 Å². The lowest BCUT2D eigenvalue weighted by molar-refractivity contribution is -0.131. The molecular weight excluding hydrogens is 246 g/mol. The van der Waals surface area contributed by atoms with Gasteiger partial charge in [-0.2, -0.15) is 0 Å². The molecule has 1 aliphatic carbocycles. The van der Waals surface area contributed by atoms with Gasteiger partial charge in [0.05, 0.1) is 12.1 Å². The normalized spacial score (nSPS) is 25.8. The second-order valence-corrected chi connectivity index (χ2v) is 6.21. The molecule has 3 rings (SSSR count). The highest BCUT2D eigenvalue weighted by Crippen LogP contribution is 2.29. The molecule has 1 amide bonds. The topological polar surface area (TPSA) is 45.2 Å². The Morgan fingerprint density at radius 3 is 2.89 bits per heavy atom. The van der Waals surface area contributed by atoms with Crippen LogP contribution in [-0.2, 0) is 4.79 Å². The summed E-state index contributed by atoms with van der Waals surface area (Å²) in [6.07, 6.45) is 3.39. The minimum Gasteiger partial charge on any atom is -0.332 e. The maximum atomic E-state index is 12.3. The van der Waals surface area contributed by atoms with Crippen molar-refractivity contribution in [3.63, 3.8) is 0 Å². The van der Waals surface area contributed by atoms with E-state index in [9.17, 15) is 4.79 Å². The Bertz CT molecular complexity index is 455. The minimum atomic E-state index is 0.0426. The number of nitrogens with one attached hydrogen (secondary N) is 1. The summed E-state index contributed by atoms with van der Waals surface area (Å²) in [6.45, 7) is 4.93. The molecule has 2 fully saturated rings. The standard InChI is InChI=1S/C13H19N3OS/c1-8-7-18-12(14-8)9(2)16-6-5-11(13(16)17)15-10-3-4-10/h7,9-11,15H,3-6H2,1-2H3.